The van der Waals surface area contributed by atoms with Gasteiger partial charge in [-0.15, -0.1) is 0 Å². The smallest absolute Gasteiger partial charge is 0.116 e. The first-order valence-electron chi connectivity index (χ1n) is 9.87. The number of ether oxygens (including phenoxy) is 1. The molecule has 5 rings (SSSR count). The molecule has 0 spiro atoms. The number of aliphatic hydroxyl groups is 1. The van der Waals surface area contributed by atoms with E-state index in [0.717, 1.165) is 24.9 Å². The fourth-order valence-electron chi connectivity index (χ4n) is 5.08. The molecule has 3 aliphatic heterocycles. The topological polar surface area (TPSA) is 32.7 Å². The lowest BCUT2D eigenvalue weighted by Gasteiger charge is -2.46. The van der Waals surface area contributed by atoms with Crippen molar-refractivity contribution < 1.29 is 9.84 Å². The second-order valence-corrected chi connectivity index (χ2v) is 8.11. The summed E-state index contributed by atoms with van der Waals surface area (Å²) >= 11 is 0. The van der Waals surface area contributed by atoms with E-state index in [1.54, 1.807) is 0 Å². The maximum absolute atomic E-state index is 11.7. The van der Waals surface area contributed by atoms with E-state index >= 15 is 0 Å². The SMILES string of the molecule is O[C@](CO[C@@H]1CN2CCC1CC2)(c1ccccc1)C1CCCCC1. The van der Waals surface area contributed by atoms with Gasteiger partial charge in [0.2, 0.25) is 0 Å². The largest absolute Gasteiger partial charge is 0.382 e. The highest BCUT2D eigenvalue weighted by Gasteiger charge is 2.42. The minimum absolute atomic E-state index is 0.311. The second-order valence-electron chi connectivity index (χ2n) is 8.11. The Balaban J connectivity index is 1.50. The average molecular weight is 329 g/mol. The van der Waals surface area contributed by atoms with E-state index in [1.807, 2.05) is 18.2 Å². The van der Waals surface area contributed by atoms with Gasteiger partial charge in [0.15, 0.2) is 0 Å². The molecule has 0 amide bonds. The molecule has 4 fully saturated rings. The number of hydrogen-bond acceptors (Lipinski definition) is 3. The Morgan fingerprint density at radius 1 is 1.00 bits per heavy atom. The minimum atomic E-state index is -0.826. The van der Waals surface area contributed by atoms with Gasteiger partial charge in [-0.2, -0.15) is 0 Å². The predicted octanol–water partition coefficient (Wildman–Crippen LogP) is 3.57. The highest BCUT2D eigenvalue weighted by molar-refractivity contribution is 5.23. The molecule has 3 heterocycles. The molecule has 4 aliphatic rings. The maximum Gasteiger partial charge on any atom is 0.116 e. The van der Waals surface area contributed by atoms with Crippen LogP contribution < -0.4 is 0 Å². The molecule has 3 nitrogen and oxygen atoms in total. The molecule has 2 atom stereocenters. The lowest BCUT2D eigenvalue weighted by atomic mass is 9.73. The van der Waals surface area contributed by atoms with Gasteiger partial charge >= 0.3 is 0 Å². The Hall–Kier alpha value is -0.900. The first-order valence-corrected chi connectivity index (χ1v) is 9.87. The molecule has 1 aliphatic carbocycles. The van der Waals surface area contributed by atoms with Crippen LogP contribution in [0.2, 0.25) is 0 Å². The van der Waals surface area contributed by atoms with Crippen molar-refractivity contribution in [3.63, 3.8) is 0 Å². The first-order chi connectivity index (χ1) is 11.8. The third kappa shape index (κ3) is 3.26. The van der Waals surface area contributed by atoms with Gasteiger partial charge in [-0.05, 0) is 56.2 Å². The molecule has 0 unspecified atom stereocenters. The zero-order chi connectivity index (χ0) is 16.4. The third-order valence-electron chi connectivity index (χ3n) is 6.67. The molecular formula is C21H31NO2. The van der Waals surface area contributed by atoms with E-state index in [0.29, 0.717) is 24.5 Å². The molecule has 3 heteroatoms. The van der Waals surface area contributed by atoms with Crippen molar-refractivity contribution >= 4 is 0 Å². The van der Waals surface area contributed by atoms with E-state index < -0.39 is 5.60 Å². The van der Waals surface area contributed by atoms with Gasteiger partial charge in [0.25, 0.3) is 0 Å². The van der Waals surface area contributed by atoms with Crippen LogP contribution >= 0.6 is 0 Å². The summed E-state index contributed by atoms with van der Waals surface area (Å²) in [5, 5.41) is 11.7. The number of piperidine rings is 3. The molecule has 0 radical (unpaired) electrons. The molecule has 3 saturated heterocycles. The summed E-state index contributed by atoms with van der Waals surface area (Å²) < 4.78 is 6.40. The van der Waals surface area contributed by atoms with Gasteiger partial charge in [-0.25, -0.2) is 0 Å². The summed E-state index contributed by atoms with van der Waals surface area (Å²) in [5.74, 6) is 1.02. The van der Waals surface area contributed by atoms with Crippen molar-refractivity contribution in [2.45, 2.75) is 56.7 Å². The Labute approximate surface area is 146 Å². The number of nitrogens with zero attached hydrogens (tertiary/aromatic N) is 1. The van der Waals surface area contributed by atoms with Crippen LogP contribution in [-0.2, 0) is 10.3 Å². The quantitative estimate of drug-likeness (QED) is 0.896. The Bertz CT molecular complexity index is 520. The fraction of sp³-hybridized carbons (Fsp3) is 0.714. The van der Waals surface area contributed by atoms with Gasteiger partial charge in [-0.1, -0.05) is 49.6 Å². The average Bonchev–Trinajstić information content (AvgIpc) is 2.68. The van der Waals surface area contributed by atoms with Crippen molar-refractivity contribution in [1.29, 1.82) is 0 Å². The highest BCUT2D eigenvalue weighted by atomic mass is 16.5. The van der Waals surface area contributed by atoms with Crippen LogP contribution in [0.5, 0.6) is 0 Å². The summed E-state index contributed by atoms with van der Waals surface area (Å²) in [6, 6.07) is 10.3. The zero-order valence-corrected chi connectivity index (χ0v) is 14.7. The van der Waals surface area contributed by atoms with Crippen LogP contribution in [0.4, 0.5) is 0 Å². The van der Waals surface area contributed by atoms with Crippen LogP contribution in [0, 0.1) is 11.8 Å². The minimum Gasteiger partial charge on any atom is -0.382 e. The van der Waals surface area contributed by atoms with Gasteiger partial charge in [0.1, 0.15) is 5.60 Å². The fourth-order valence-corrected chi connectivity index (χ4v) is 5.08. The first kappa shape index (κ1) is 16.6. The molecule has 1 aromatic rings. The number of fused-ring (bicyclic) bond motifs is 3. The van der Waals surface area contributed by atoms with Crippen LogP contribution in [0.15, 0.2) is 30.3 Å². The Kier molecular flexibility index (Phi) is 4.93. The van der Waals surface area contributed by atoms with Gasteiger partial charge < -0.3 is 14.7 Å². The molecule has 1 saturated carbocycles. The van der Waals surface area contributed by atoms with Crippen molar-refractivity contribution in [2.75, 3.05) is 26.2 Å². The van der Waals surface area contributed by atoms with E-state index in [4.69, 9.17) is 4.74 Å². The van der Waals surface area contributed by atoms with Gasteiger partial charge in [0.05, 0.1) is 12.7 Å². The summed E-state index contributed by atoms with van der Waals surface area (Å²) in [6.07, 6.45) is 8.85. The van der Waals surface area contributed by atoms with E-state index in [-0.39, 0.29) is 0 Å². The maximum atomic E-state index is 11.7. The summed E-state index contributed by atoms with van der Waals surface area (Å²) in [5.41, 5.74) is 0.214. The van der Waals surface area contributed by atoms with Crippen molar-refractivity contribution in [3.8, 4) is 0 Å². The monoisotopic (exact) mass is 329 g/mol. The molecular weight excluding hydrogens is 298 g/mol. The zero-order valence-electron chi connectivity index (χ0n) is 14.7. The standard InChI is InChI=1S/C21H31NO2/c23-21(18-7-3-1-4-8-18,19-9-5-2-6-10-19)16-24-20-15-22-13-11-17(20)12-14-22/h1,3-4,7-8,17,19-20,23H,2,5-6,9-16H2/t20-,21-/m1/s1. The van der Waals surface area contributed by atoms with Crippen molar-refractivity contribution in [2.24, 2.45) is 11.8 Å². The van der Waals surface area contributed by atoms with E-state index in [1.165, 1.54) is 45.2 Å². The molecule has 24 heavy (non-hydrogen) atoms. The lowest BCUT2D eigenvalue weighted by Crippen LogP contribution is -2.53. The number of benzene rings is 1. The predicted molar refractivity (Wildman–Crippen MR) is 95.8 cm³/mol. The van der Waals surface area contributed by atoms with Crippen LogP contribution in [0.1, 0.15) is 50.5 Å². The van der Waals surface area contributed by atoms with Gasteiger partial charge in [-0.3, -0.25) is 0 Å². The highest BCUT2D eigenvalue weighted by Crippen LogP contribution is 2.40. The summed E-state index contributed by atoms with van der Waals surface area (Å²) in [7, 11) is 0. The van der Waals surface area contributed by atoms with Crippen LogP contribution in [0.3, 0.4) is 0 Å². The third-order valence-corrected chi connectivity index (χ3v) is 6.67. The second kappa shape index (κ2) is 7.15. The van der Waals surface area contributed by atoms with Gasteiger partial charge in [0, 0.05) is 6.54 Å². The van der Waals surface area contributed by atoms with Crippen LogP contribution in [0.25, 0.3) is 0 Å². The Morgan fingerprint density at radius 3 is 2.33 bits per heavy atom. The molecule has 2 bridgehead atoms. The van der Waals surface area contributed by atoms with Crippen molar-refractivity contribution in [1.82, 2.24) is 4.90 Å². The summed E-state index contributed by atoms with van der Waals surface area (Å²) in [4.78, 5) is 2.52. The van der Waals surface area contributed by atoms with Crippen molar-refractivity contribution in [3.05, 3.63) is 35.9 Å². The van der Waals surface area contributed by atoms with Crippen LogP contribution in [-0.4, -0.2) is 42.4 Å². The van der Waals surface area contributed by atoms with E-state index in [9.17, 15) is 5.11 Å². The summed E-state index contributed by atoms with van der Waals surface area (Å²) in [6.45, 7) is 3.98. The Morgan fingerprint density at radius 2 is 1.71 bits per heavy atom. The molecule has 1 N–H and O–H groups in total. The molecule has 132 valence electrons. The lowest BCUT2D eigenvalue weighted by molar-refractivity contribution is -0.148. The molecule has 1 aromatic carbocycles. The number of hydrogen-bond donors (Lipinski definition) is 1. The molecule has 0 aromatic heterocycles. The van der Waals surface area contributed by atoms with E-state index in [2.05, 4.69) is 17.0 Å². The number of rotatable bonds is 5. The normalized spacial score (nSPS) is 33.3.